The molecule has 0 saturated heterocycles. The summed E-state index contributed by atoms with van der Waals surface area (Å²) in [6.45, 7) is 1.41. The molecule has 2 aromatic carbocycles. The van der Waals surface area contributed by atoms with E-state index < -0.39 is 23.6 Å². The van der Waals surface area contributed by atoms with Crippen LogP contribution in [0.1, 0.15) is 22.8 Å². The second kappa shape index (κ2) is 5.35. The van der Waals surface area contributed by atoms with Gasteiger partial charge in [-0.1, -0.05) is 15.9 Å². The van der Waals surface area contributed by atoms with Crippen molar-refractivity contribution in [2.45, 2.75) is 13.0 Å². The number of hydrogen-bond donors (Lipinski definition) is 1. The summed E-state index contributed by atoms with van der Waals surface area (Å²) in [6, 6.07) is 5.79. The second-order valence-corrected chi connectivity index (χ2v) is 5.11. The van der Waals surface area contributed by atoms with E-state index in [-0.39, 0.29) is 16.7 Å². The second-order valence-electron chi connectivity index (χ2n) is 4.19. The molecule has 2 aromatic rings. The van der Waals surface area contributed by atoms with Gasteiger partial charge in [0.25, 0.3) is 0 Å². The summed E-state index contributed by atoms with van der Waals surface area (Å²) in [4.78, 5) is 0. The third-order valence-corrected chi connectivity index (χ3v) is 3.32. The highest BCUT2D eigenvalue weighted by atomic mass is 79.9. The van der Waals surface area contributed by atoms with Crippen LogP contribution in [-0.2, 0) is 0 Å². The number of halogens is 4. The smallest absolute Gasteiger partial charge is 0.129 e. The molecule has 0 aliphatic carbocycles. The highest BCUT2D eigenvalue weighted by Gasteiger charge is 2.20. The maximum atomic E-state index is 13.7. The van der Waals surface area contributed by atoms with Gasteiger partial charge < -0.3 is 5.11 Å². The molecule has 0 amide bonds. The van der Waals surface area contributed by atoms with Gasteiger partial charge in [0.15, 0.2) is 0 Å². The molecule has 0 heterocycles. The minimum Gasteiger partial charge on any atom is -0.383 e. The summed E-state index contributed by atoms with van der Waals surface area (Å²) in [6.07, 6.45) is -1.56. The Morgan fingerprint density at radius 2 is 1.58 bits per heavy atom. The zero-order valence-corrected chi connectivity index (χ0v) is 11.5. The van der Waals surface area contributed by atoms with E-state index in [1.807, 2.05) is 0 Å². The molecule has 0 aromatic heterocycles. The zero-order valence-electron chi connectivity index (χ0n) is 9.92. The first-order chi connectivity index (χ1) is 8.90. The van der Waals surface area contributed by atoms with Gasteiger partial charge in [-0.3, -0.25) is 0 Å². The van der Waals surface area contributed by atoms with Crippen molar-refractivity contribution in [3.8, 4) is 0 Å². The summed E-state index contributed by atoms with van der Waals surface area (Å²) < 4.78 is 41.3. The van der Waals surface area contributed by atoms with Crippen molar-refractivity contribution in [1.82, 2.24) is 0 Å². The van der Waals surface area contributed by atoms with Crippen LogP contribution in [0.25, 0.3) is 0 Å². The molecule has 0 radical (unpaired) electrons. The molecule has 0 fully saturated rings. The highest BCUT2D eigenvalue weighted by Crippen LogP contribution is 2.29. The van der Waals surface area contributed by atoms with E-state index >= 15 is 0 Å². The van der Waals surface area contributed by atoms with Gasteiger partial charge >= 0.3 is 0 Å². The van der Waals surface area contributed by atoms with Gasteiger partial charge in [-0.2, -0.15) is 0 Å². The van der Waals surface area contributed by atoms with E-state index in [0.29, 0.717) is 4.47 Å². The fraction of sp³-hybridized carbons (Fsp3) is 0.143. The van der Waals surface area contributed by atoms with Gasteiger partial charge in [0, 0.05) is 15.6 Å². The van der Waals surface area contributed by atoms with E-state index in [2.05, 4.69) is 15.9 Å². The highest BCUT2D eigenvalue weighted by molar-refractivity contribution is 9.10. The standard InChI is InChI=1S/C14H10BrF3O/c1-7-4-13(18)10(6-12(7)17)14(19)9-5-8(15)2-3-11(9)16/h2-6,14,19H,1H3. The zero-order chi connectivity index (χ0) is 14.2. The van der Waals surface area contributed by atoms with E-state index in [1.165, 1.54) is 19.1 Å². The van der Waals surface area contributed by atoms with E-state index in [4.69, 9.17) is 0 Å². The monoisotopic (exact) mass is 330 g/mol. The molecule has 0 aliphatic heterocycles. The molecule has 19 heavy (non-hydrogen) atoms. The molecule has 0 bridgehead atoms. The van der Waals surface area contributed by atoms with Crippen LogP contribution in [0.2, 0.25) is 0 Å². The lowest BCUT2D eigenvalue weighted by atomic mass is 9.99. The summed E-state index contributed by atoms with van der Waals surface area (Å²) in [5.74, 6) is -2.10. The Bertz CT molecular complexity index is 628. The van der Waals surface area contributed by atoms with Crippen molar-refractivity contribution in [2.24, 2.45) is 0 Å². The Morgan fingerprint density at radius 1 is 0.947 bits per heavy atom. The summed E-state index contributed by atoms with van der Waals surface area (Å²) in [5.41, 5.74) is -0.278. The van der Waals surface area contributed by atoms with Crippen LogP contribution >= 0.6 is 15.9 Å². The Morgan fingerprint density at radius 3 is 2.26 bits per heavy atom. The Balaban J connectivity index is 2.52. The first-order valence-electron chi connectivity index (χ1n) is 5.48. The minimum atomic E-state index is -1.56. The van der Waals surface area contributed by atoms with Crippen molar-refractivity contribution >= 4 is 15.9 Å². The van der Waals surface area contributed by atoms with Crippen molar-refractivity contribution in [2.75, 3.05) is 0 Å². The topological polar surface area (TPSA) is 20.2 Å². The maximum Gasteiger partial charge on any atom is 0.129 e. The average Bonchev–Trinajstić information content (AvgIpc) is 2.36. The SMILES string of the molecule is Cc1cc(F)c(C(O)c2cc(Br)ccc2F)cc1F. The van der Waals surface area contributed by atoms with Crippen molar-refractivity contribution < 1.29 is 18.3 Å². The van der Waals surface area contributed by atoms with Crippen LogP contribution in [0, 0.1) is 24.4 Å². The Hall–Kier alpha value is -1.33. The molecule has 0 aliphatic rings. The van der Waals surface area contributed by atoms with E-state index in [9.17, 15) is 18.3 Å². The molecule has 2 rings (SSSR count). The van der Waals surface area contributed by atoms with Crippen molar-refractivity contribution in [1.29, 1.82) is 0 Å². The lowest BCUT2D eigenvalue weighted by Crippen LogP contribution is -2.06. The van der Waals surface area contributed by atoms with Gasteiger partial charge in [-0.15, -0.1) is 0 Å². The van der Waals surface area contributed by atoms with Crippen LogP contribution < -0.4 is 0 Å². The molecule has 1 atom stereocenters. The van der Waals surface area contributed by atoms with Gasteiger partial charge in [0.2, 0.25) is 0 Å². The number of aliphatic hydroxyl groups excluding tert-OH is 1. The van der Waals surface area contributed by atoms with E-state index in [1.54, 1.807) is 0 Å². The maximum absolute atomic E-state index is 13.7. The average molecular weight is 331 g/mol. The number of aliphatic hydroxyl groups is 1. The van der Waals surface area contributed by atoms with E-state index in [0.717, 1.165) is 18.2 Å². The molecule has 1 nitrogen and oxygen atoms in total. The number of hydrogen-bond acceptors (Lipinski definition) is 1. The Kier molecular flexibility index (Phi) is 3.96. The van der Waals surface area contributed by atoms with Crippen LogP contribution in [0.3, 0.4) is 0 Å². The summed E-state index contributed by atoms with van der Waals surface area (Å²) in [5, 5.41) is 10.0. The molecule has 0 spiro atoms. The fourth-order valence-electron chi connectivity index (χ4n) is 1.76. The third kappa shape index (κ3) is 2.82. The number of aryl methyl sites for hydroxylation is 1. The molecular formula is C14H10BrF3O. The number of benzene rings is 2. The summed E-state index contributed by atoms with van der Waals surface area (Å²) >= 11 is 3.14. The van der Waals surface area contributed by atoms with Gasteiger partial charge in [0.1, 0.15) is 23.6 Å². The fourth-order valence-corrected chi connectivity index (χ4v) is 2.14. The summed E-state index contributed by atoms with van der Waals surface area (Å²) in [7, 11) is 0. The van der Waals surface area contributed by atoms with Crippen molar-refractivity contribution in [3.63, 3.8) is 0 Å². The first kappa shape index (κ1) is 14.1. The van der Waals surface area contributed by atoms with Crippen LogP contribution in [-0.4, -0.2) is 5.11 Å². The largest absolute Gasteiger partial charge is 0.383 e. The molecule has 0 saturated carbocycles. The van der Waals surface area contributed by atoms with Crippen LogP contribution in [0.5, 0.6) is 0 Å². The van der Waals surface area contributed by atoms with Gasteiger partial charge in [0.05, 0.1) is 0 Å². The molecule has 5 heteroatoms. The molecule has 1 unspecified atom stereocenters. The van der Waals surface area contributed by atoms with Crippen LogP contribution in [0.15, 0.2) is 34.8 Å². The number of rotatable bonds is 2. The minimum absolute atomic E-state index is 0.114. The van der Waals surface area contributed by atoms with Crippen molar-refractivity contribution in [3.05, 3.63) is 68.9 Å². The normalized spacial score (nSPS) is 12.5. The lowest BCUT2D eigenvalue weighted by molar-refractivity contribution is 0.209. The lowest BCUT2D eigenvalue weighted by Gasteiger charge is -2.14. The molecule has 1 N–H and O–H groups in total. The van der Waals surface area contributed by atoms with Gasteiger partial charge in [-0.05, 0) is 42.8 Å². The molecule has 100 valence electrons. The predicted molar refractivity (Wildman–Crippen MR) is 69.3 cm³/mol. The molecular weight excluding hydrogens is 321 g/mol. The van der Waals surface area contributed by atoms with Crippen LogP contribution in [0.4, 0.5) is 13.2 Å². The first-order valence-corrected chi connectivity index (χ1v) is 6.28. The third-order valence-electron chi connectivity index (χ3n) is 2.83. The quantitative estimate of drug-likeness (QED) is 0.872. The predicted octanol–water partition coefficient (Wildman–Crippen LogP) is 4.26. The van der Waals surface area contributed by atoms with Gasteiger partial charge in [-0.25, -0.2) is 13.2 Å². The Labute approximate surface area is 116 Å².